The number of hydrogen-bond donors (Lipinski definition) is 3. The largest absolute Gasteiger partial charge is 0.493 e. The molecule has 0 radical (unpaired) electrons. The van der Waals surface area contributed by atoms with E-state index in [1.807, 2.05) is 27.7 Å². The van der Waals surface area contributed by atoms with Gasteiger partial charge in [0.2, 0.25) is 5.91 Å². The Labute approximate surface area is 204 Å². The van der Waals surface area contributed by atoms with E-state index in [2.05, 4.69) is 41.1 Å². The maximum Gasteiger partial charge on any atom is 0.225 e. The molecular weight excluding hydrogens is 507 g/mol. The molecule has 0 saturated carbocycles. The lowest BCUT2D eigenvalue weighted by Crippen LogP contribution is -2.43. The molecule has 7 nitrogen and oxygen atoms in total. The van der Waals surface area contributed by atoms with Crippen LogP contribution in [0.5, 0.6) is 5.75 Å². The second kappa shape index (κ2) is 13.8. The fourth-order valence-electron chi connectivity index (χ4n) is 2.98. The fourth-order valence-corrected chi connectivity index (χ4v) is 2.98. The summed E-state index contributed by atoms with van der Waals surface area (Å²) in [5, 5.41) is 9.46. The maximum absolute atomic E-state index is 12.0. The van der Waals surface area contributed by atoms with E-state index in [1.54, 1.807) is 0 Å². The molecule has 1 aromatic rings. The third kappa shape index (κ3) is 10.1. The Balaban J connectivity index is 0.00000480. The minimum Gasteiger partial charge on any atom is -0.493 e. The van der Waals surface area contributed by atoms with Gasteiger partial charge in [-0.3, -0.25) is 4.79 Å². The average molecular weight is 546 g/mol. The number of guanidine groups is 1. The van der Waals surface area contributed by atoms with Crippen molar-refractivity contribution in [3.63, 3.8) is 0 Å². The number of ether oxygens (including phenoxy) is 2. The van der Waals surface area contributed by atoms with Gasteiger partial charge in [-0.1, -0.05) is 32.9 Å². The average Bonchev–Trinajstić information content (AvgIpc) is 3.21. The summed E-state index contributed by atoms with van der Waals surface area (Å²) in [5.41, 5.74) is 1.84. The highest BCUT2D eigenvalue weighted by molar-refractivity contribution is 14.0. The molecule has 1 aliphatic heterocycles. The molecular formula is C23H39IN4O3. The highest BCUT2D eigenvalue weighted by Gasteiger charge is 2.20. The summed E-state index contributed by atoms with van der Waals surface area (Å²) in [5.74, 6) is 2.11. The van der Waals surface area contributed by atoms with Gasteiger partial charge in [-0.2, -0.15) is 0 Å². The van der Waals surface area contributed by atoms with E-state index in [4.69, 9.17) is 14.5 Å². The summed E-state index contributed by atoms with van der Waals surface area (Å²) in [7, 11) is 0. The van der Waals surface area contributed by atoms with Gasteiger partial charge >= 0.3 is 0 Å². The zero-order valence-corrected chi connectivity index (χ0v) is 21.9. The molecule has 1 amide bonds. The van der Waals surface area contributed by atoms with Crippen molar-refractivity contribution in [3.05, 3.63) is 29.3 Å². The van der Waals surface area contributed by atoms with Gasteiger partial charge in [0, 0.05) is 43.1 Å². The standard InChI is InChI=1S/C23H38N4O3.HI/c1-6-24-22(26-11-10-25-21(28)23(3,4)5)27-14-19-8-7-17(2)13-20(19)30-16-18-9-12-29-15-18;/h7-8,13,18H,6,9-12,14-16H2,1-5H3,(H,25,28)(H2,24,26,27);1H. The second-order valence-electron chi connectivity index (χ2n) is 8.78. The minimum atomic E-state index is -0.384. The zero-order chi connectivity index (χ0) is 22.0. The first-order chi connectivity index (χ1) is 14.3. The lowest BCUT2D eigenvalue weighted by atomic mass is 9.96. The van der Waals surface area contributed by atoms with Crippen LogP contribution in [0.1, 0.15) is 45.2 Å². The summed E-state index contributed by atoms with van der Waals surface area (Å²) >= 11 is 0. The Kier molecular flexibility index (Phi) is 12.2. The highest BCUT2D eigenvalue weighted by Crippen LogP contribution is 2.23. The summed E-state index contributed by atoms with van der Waals surface area (Å²) in [4.78, 5) is 16.7. The van der Waals surface area contributed by atoms with Crippen molar-refractivity contribution < 1.29 is 14.3 Å². The molecule has 1 saturated heterocycles. The predicted molar refractivity (Wildman–Crippen MR) is 136 cm³/mol. The van der Waals surface area contributed by atoms with Crippen molar-refractivity contribution >= 4 is 35.8 Å². The first-order valence-corrected chi connectivity index (χ1v) is 10.9. The number of nitrogens with zero attached hydrogens (tertiary/aromatic N) is 1. The summed E-state index contributed by atoms with van der Waals surface area (Å²) < 4.78 is 11.6. The van der Waals surface area contributed by atoms with Crippen LogP contribution in [0, 0.1) is 18.3 Å². The van der Waals surface area contributed by atoms with Crippen LogP contribution in [0.3, 0.4) is 0 Å². The molecule has 0 aromatic heterocycles. The van der Waals surface area contributed by atoms with Gasteiger partial charge in [-0.25, -0.2) is 4.99 Å². The molecule has 2 rings (SSSR count). The molecule has 176 valence electrons. The molecule has 1 aromatic carbocycles. The topological polar surface area (TPSA) is 84.0 Å². The van der Waals surface area contributed by atoms with Crippen molar-refractivity contribution in [3.8, 4) is 5.75 Å². The molecule has 8 heteroatoms. The monoisotopic (exact) mass is 546 g/mol. The number of aryl methyl sites for hydroxylation is 1. The molecule has 1 heterocycles. The van der Waals surface area contributed by atoms with Gasteiger partial charge in [-0.05, 0) is 31.9 Å². The Morgan fingerprint density at radius 2 is 1.97 bits per heavy atom. The number of rotatable bonds is 9. The van der Waals surface area contributed by atoms with E-state index >= 15 is 0 Å². The normalized spacial score (nSPS) is 16.4. The van der Waals surface area contributed by atoms with E-state index in [-0.39, 0.29) is 35.3 Å². The van der Waals surface area contributed by atoms with Gasteiger partial charge in [-0.15, -0.1) is 24.0 Å². The number of aliphatic imine (C=N–C) groups is 1. The summed E-state index contributed by atoms with van der Waals surface area (Å²) in [6.45, 7) is 14.5. The molecule has 1 aliphatic rings. The second-order valence-corrected chi connectivity index (χ2v) is 8.78. The Morgan fingerprint density at radius 3 is 2.61 bits per heavy atom. The van der Waals surface area contributed by atoms with Crippen LogP contribution in [0.4, 0.5) is 0 Å². The highest BCUT2D eigenvalue weighted by atomic mass is 127. The van der Waals surface area contributed by atoms with Crippen LogP contribution in [0.25, 0.3) is 0 Å². The maximum atomic E-state index is 12.0. The van der Waals surface area contributed by atoms with Gasteiger partial charge in [0.15, 0.2) is 5.96 Å². The smallest absolute Gasteiger partial charge is 0.225 e. The fraction of sp³-hybridized carbons (Fsp3) is 0.652. The number of benzene rings is 1. The van der Waals surface area contributed by atoms with Gasteiger partial charge < -0.3 is 25.4 Å². The van der Waals surface area contributed by atoms with Crippen LogP contribution in [-0.4, -0.2) is 51.3 Å². The van der Waals surface area contributed by atoms with Crippen LogP contribution >= 0.6 is 24.0 Å². The van der Waals surface area contributed by atoms with Crippen LogP contribution < -0.4 is 20.7 Å². The Morgan fingerprint density at radius 1 is 1.23 bits per heavy atom. The lowest BCUT2D eigenvalue weighted by molar-refractivity contribution is -0.128. The van der Waals surface area contributed by atoms with Crippen molar-refractivity contribution in [2.45, 2.75) is 47.6 Å². The van der Waals surface area contributed by atoms with Crippen molar-refractivity contribution in [1.29, 1.82) is 0 Å². The number of amides is 1. The first kappa shape index (κ1) is 27.5. The van der Waals surface area contributed by atoms with Gasteiger partial charge in [0.25, 0.3) is 0 Å². The summed E-state index contributed by atoms with van der Waals surface area (Å²) in [6, 6.07) is 6.23. The third-order valence-electron chi connectivity index (χ3n) is 4.86. The molecule has 0 spiro atoms. The van der Waals surface area contributed by atoms with E-state index < -0.39 is 0 Å². The molecule has 1 atom stereocenters. The SMILES string of the molecule is CCNC(=NCc1ccc(C)cc1OCC1CCOC1)NCCNC(=O)C(C)(C)C.I. The molecule has 1 fully saturated rings. The first-order valence-electron chi connectivity index (χ1n) is 10.9. The predicted octanol–water partition coefficient (Wildman–Crippen LogP) is 3.25. The van der Waals surface area contributed by atoms with Crippen LogP contribution in [0.2, 0.25) is 0 Å². The Bertz CT molecular complexity index is 713. The Hall–Kier alpha value is -1.55. The molecule has 0 aliphatic carbocycles. The number of hydrogen-bond acceptors (Lipinski definition) is 4. The van der Waals surface area contributed by atoms with Gasteiger partial charge in [0.1, 0.15) is 5.75 Å². The minimum absolute atomic E-state index is 0. The van der Waals surface area contributed by atoms with E-state index in [0.717, 1.165) is 43.5 Å². The summed E-state index contributed by atoms with van der Waals surface area (Å²) in [6.07, 6.45) is 1.06. The lowest BCUT2D eigenvalue weighted by Gasteiger charge is -2.18. The van der Waals surface area contributed by atoms with Crippen molar-refractivity contribution in [2.24, 2.45) is 16.3 Å². The number of halogens is 1. The van der Waals surface area contributed by atoms with Gasteiger partial charge in [0.05, 0.1) is 19.8 Å². The van der Waals surface area contributed by atoms with Crippen LogP contribution in [-0.2, 0) is 16.1 Å². The van der Waals surface area contributed by atoms with Crippen molar-refractivity contribution in [1.82, 2.24) is 16.0 Å². The van der Waals surface area contributed by atoms with Crippen molar-refractivity contribution in [2.75, 3.05) is 39.5 Å². The van der Waals surface area contributed by atoms with E-state index in [0.29, 0.717) is 32.2 Å². The number of carbonyl (C=O) groups excluding carboxylic acids is 1. The van der Waals surface area contributed by atoms with E-state index in [1.165, 1.54) is 5.56 Å². The zero-order valence-electron chi connectivity index (χ0n) is 19.5. The number of nitrogens with one attached hydrogen (secondary N) is 3. The molecule has 31 heavy (non-hydrogen) atoms. The quantitative estimate of drug-likeness (QED) is 0.192. The molecule has 3 N–H and O–H groups in total. The van der Waals surface area contributed by atoms with Crippen LogP contribution in [0.15, 0.2) is 23.2 Å². The third-order valence-corrected chi connectivity index (χ3v) is 4.86. The number of carbonyl (C=O) groups is 1. The molecule has 0 bridgehead atoms. The van der Waals surface area contributed by atoms with E-state index in [9.17, 15) is 4.79 Å². The molecule has 1 unspecified atom stereocenters.